The molecule has 0 aliphatic heterocycles. The molecule has 0 bridgehead atoms. The van der Waals surface area contributed by atoms with Crippen LogP contribution in [0.15, 0.2) is 121 Å². The second kappa shape index (κ2) is 7.95. The summed E-state index contributed by atoms with van der Waals surface area (Å²) in [7, 11) is 0. The normalized spacial score (nSPS) is 11.8. The molecule has 3 heteroatoms. The monoisotopic (exact) mass is 488 g/mol. The molecule has 8 rings (SSSR count). The summed E-state index contributed by atoms with van der Waals surface area (Å²) in [5.74, 6) is 0.749. The number of rotatable bonds is 2. The minimum Gasteiger partial charge on any atom is -0.228 e. The number of hydrogen-bond donors (Lipinski definition) is 0. The van der Waals surface area contributed by atoms with Crippen LogP contribution in [0, 0.1) is 0 Å². The Hall–Kier alpha value is -4.60. The smallest absolute Gasteiger partial charge is 0.160 e. The third-order valence-electron chi connectivity index (χ3n) is 7.23. The van der Waals surface area contributed by atoms with Crippen molar-refractivity contribution in [3.8, 4) is 22.6 Å². The van der Waals surface area contributed by atoms with Gasteiger partial charge in [-0.15, -0.1) is 11.3 Å². The molecular formula is C34H20N2S. The molecule has 2 aromatic heterocycles. The molecule has 0 atom stereocenters. The minimum atomic E-state index is 0.749. The molecule has 0 amide bonds. The zero-order chi connectivity index (χ0) is 24.3. The van der Waals surface area contributed by atoms with Crippen molar-refractivity contribution in [2.75, 3.05) is 0 Å². The lowest BCUT2D eigenvalue weighted by Gasteiger charge is -2.12. The molecule has 2 heterocycles. The van der Waals surface area contributed by atoms with E-state index in [9.17, 15) is 0 Å². The molecule has 0 spiro atoms. The summed E-state index contributed by atoms with van der Waals surface area (Å²) in [6.45, 7) is 0. The van der Waals surface area contributed by atoms with Crippen LogP contribution < -0.4 is 0 Å². The molecule has 0 saturated heterocycles. The van der Waals surface area contributed by atoms with Gasteiger partial charge in [0.05, 0.1) is 11.2 Å². The zero-order valence-electron chi connectivity index (χ0n) is 19.8. The van der Waals surface area contributed by atoms with Crippen LogP contribution >= 0.6 is 11.3 Å². The topological polar surface area (TPSA) is 25.8 Å². The third kappa shape index (κ3) is 3.25. The van der Waals surface area contributed by atoms with Gasteiger partial charge in [0.25, 0.3) is 0 Å². The quantitative estimate of drug-likeness (QED) is 0.226. The fourth-order valence-electron chi connectivity index (χ4n) is 5.44. The number of benzene rings is 6. The van der Waals surface area contributed by atoms with Gasteiger partial charge in [0.15, 0.2) is 5.82 Å². The van der Waals surface area contributed by atoms with E-state index in [-0.39, 0.29) is 0 Å². The van der Waals surface area contributed by atoms with E-state index >= 15 is 0 Å². The highest BCUT2D eigenvalue weighted by Gasteiger charge is 2.15. The lowest BCUT2D eigenvalue weighted by molar-refractivity contribution is 1.23. The van der Waals surface area contributed by atoms with E-state index in [0.717, 1.165) is 33.5 Å². The predicted molar refractivity (Wildman–Crippen MR) is 158 cm³/mol. The zero-order valence-corrected chi connectivity index (χ0v) is 20.7. The van der Waals surface area contributed by atoms with Gasteiger partial charge in [0, 0.05) is 36.7 Å². The molecule has 37 heavy (non-hydrogen) atoms. The van der Waals surface area contributed by atoms with Gasteiger partial charge in [-0.05, 0) is 51.9 Å². The van der Waals surface area contributed by atoms with Gasteiger partial charge < -0.3 is 0 Å². The summed E-state index contributed by atoms with van der Waals surface area (Å²) >= 11 is 1.85. The highest BCUT2D eigenvalue weighted by Crippen LogP contribution is 2.38. The van der Waals surface area contributed by atoms with Crippen LogP contribution in [0.3, 0.4) is 0 Å². The maximum absolute atomic E-state index is 5.19. The third-order valence-corrected chi connectivity index (χ3v) is 8.36. The molecule has 172 valence electrons. The van der Waals surface area contributed by atoms with Gasteiger partial charge in [0.1, 0.15) is 0 Å². The SMILES string of the molecule is c1ccc(-c2nc(-c3ccc4cc5sc6ccccc6c5cc4c3)nc3ccc4ccccc4c23)cc1. The van der Waals surface area contributed by atoms with Crippen molar-refractivity contribution in [1.82, 2.24) is 9.97 Å². The second-order valence-corrected chi connectivity index (χ2v) is 10.5. The molecule has 8 aromatic rings. The summed E-state index contributed by atoms with van der Waals surface area (Å²) in [6.07, 6.45) is 0. The average molecular weight is 489 g/mol. The maximum Gasteiger partial charge on any atom is 0.160 e. The van der Waals surface area contributed by atoms with Crippen molar-refractivity contribution in [1.29, 1.82) is 0 Å². The summed E-state index contributed by atoms with van der Waals surface area (Å²) < 4.78 is 2.65. The Balaban J connectivity index is 1.39. The van der Waals surface area contributed by atoms with E-state index in [1.165, 1.54) is 41.7 Å². The van der Waals surface area contributed by atoms with E-state index < -0.39 is 0 Å². The largest absolute Gasteiger partial charge is 0.228 e. The number of fused-ring (bicyclic) bond motifs is 7. The van der Waals surface area contributed by atoms with Gasteiger partial charge in [-0.1, -0.05) is 91.0 Å². The molecule has 2 nitrogen and oxygen atoms in total. The Morgan fingerprint density at radius 3 is 2.16 bits per heavy atom. The van der Waals surface area contributed by atoms with E-state index in [1.807, 2.05) is 17.4 Å². The molecule has 0 unspecified atom stereocenters. The van der Waals surface area contributed by atoms with Crippen molar-refractivity contribution in [2.45, 2.75) is 0 Å². The van der Waals surface area contributed by atoms with Crippen LogP contribution in [-0.4, -0.2) is 9.97 Å². The summed E-state index contributed by atoms with van der Waals surface area (Å²) in [5.41, 5.74) is 4.05. The molecule has 0 saturated carbocycles. The van der Waals surface area contributed by atoms with Crippen LogP contribution in [-0.2, 0) is 0 Å². The van der Waals surface area contributed by atoms with Crippen molar-refractivity contribution in [2.24, 2.45) is 0 Å². The highest BCUT2D eigenvalue weighted by atomic mass is 32.1. The van der Waals surface area contributed by atoms with E-state index in [1.54, 1.807) is 0 Å². The number of hydrogen-bond acceptors (Lipinski definition) is 3. The number of aromatic nitrogens is 2. The molecule has 0 aliphatic rings. The Bertz CT molecular complexity index is 2140. The van der Waals surface area contributed by atoms with Crippen LogP contribution in [0.25, 0.3) is 75.3 Å². The first-order chi connectivity index (χ1) is 18.3. The van der Waals surface area contributed by atoms with E-state index in [0.29, 0.717) is 0 Å². The first-order valence-electron chi connectivity index (χ1n) is 12.4. The van der Waals surface area contributed by atoms with Crippen molar-refractivity contribution >= 4 is 64.0 Å². The van der Waals surface area contributed by atoms with Crippen molar-refractivity contribution in [3.05, 3.63) is 121 Å². The van der Waals surface area contributed by atoms with Gasteiger partial charge in [-0.3, -0.25) is 0 Å². The highest BCUT2D eigenvalue weighted by molar-refractivity contribution is 7.25. The number of nitrogens with zero attached hydrogens (tertiary/aromatic N) is 2. The second-order valence-electron chi connectivity index (χ2n) is 9.45. The Labute approximate surface area is 217 Å². The Morgan fingerprint density at radius 2 is 1.24 bits per heavy atom. The first-order valence-corrected chi connectivity index (χ1v) is 13.2. The lowest BCUT2D eigenvalue weighted by Crippen LogP contribution is -1.96. The molecule has 0 aliphatic carbocycles. The van der Waals surface area contributed by atoms with E-state index in [4.69, 9.17) is 9.97 Å². The standard InChI is InChI=1S/C34H20N2S/c1-2-9-22(10-3-1)33-32-26-11-5-4-8-21(26)16-17-29(32)35-34(36-33)24-15-14-23-20-31-28(19-25(23)18-24)27-12-6-7-13-30(27)37-31/h1-20H. The predicted octanol–water partition coefficient (Wildman–Crippen LogP) is 9.64. The molecular weight excluding hydrogens is 468 g/mol. The van der Waals surface area contributed by atoms with Crippen LogP contribution in [0.1, 0.15) is 0 Å². The van der Waals surface area contributed by atoms with Gasteiger partial charge in [0.2, 0.25) is 0 Å². The van der Waals surface area contributed by atoms with Gasteiger partial charge >= 0.3 is 0 Å². The van der Waals surface area contributed by atoms with Gasteiger partial charge in [-0.25, -0.2) is 9.97 Å². The fraction of sp³-hybridized carbons (Fsp3) is 0. The minimum absolute atomic E-state index is 0.749. The number of thiophene rings is 1. The molecule has 0 N–H and O–H groups in total. The lowest BCUT2D eigenvalue weighted by atomic mass is 9.99. The van der Waals surface area contributed by atoms with Crippen LogP contribution in [0.4, 0.5) is 0 Å². The van der Waals surface area contributed by atoms with Gasteiger partial charge in [-0.2, -0.15) is 0 Å². The summed E-state index contributed by atoms with van der Waals surface area (Å²) in [6, 6.07) is 43.1. The summed E-state index contributed by atoms with van der Waals surface area (Å²) in [4.78, 5) is 10.3. The summed E-state index contributed by atoms with van der Waals surface area (Å²) in [5, 5.41) is 8.53. The Kier molecular flexibility index (Phi) is 4.42. The van der Waals surface area contributed by atoms with Crippen LogP contribution in [0.2, 0.25) is 0 Å². The fourth-order valence-corrected chi connectivity index (χ4v) is 6.58. The molecule has 6 aromatic carbocycles. The Morgan fingerprint density at radius 1 is 0.459 bits per heavy atom. The average Bonchev–Trinajstić information content (AvgIpc) is 3.32. The first kappa shape index (κ1) is 20.6. The maximum atomic E-state index is 5.19. The van der Waals surface area contributed by atoms with E-state index in [2.05, 4.69) is 115 Å². The van der Waals surface area contributed by atoms with Crippen LogP contribution in [0.5, 0.6) is 0 Å². The van der Waals surface area contributed by atoms with Crippen molar-refractivity contribution in [3.63, 3.8) is 0 Å². The van der Waals surface area contributed by atoms with Crippen molar-refractivity contribution < 1.29 is 0 Å². The molecule has 0 fully saturated rings. The molecule has 0 radical (unpaired) electrons.